The maximum atomic E-state index is 11.5. The Hall–Kier alpha value is -1.06. The summed E-state index contributed by atoms with van der Waals surface area (Å²) >= 11 is 0. The number of rotatable bonds is 8. The molecule has 0 N–H and O–H groups in total. The van der Waals surface area contributed by atoms with Gasteiger partial charge < -0.3 is 9.47 Å². The summed E-state index contributed by atoms with van der Waals surface area (Å²) in [4.78, 5) is 22.6. The van der Waals surface area contributed by atoms with Crippen molar-refractivity contribution in [3.8, 4) is 0 Å². The number of hydrogen-bond acceptors (Lipinski definition) is 4. The standard InChI is InChI=1S/C31H52O4/c1-20(19-34-22(3)32)8-7-9-21(2)27-12-13-28-26-11-10-24-18-25(35-23(4)33)14-16-30(24,5)29(26)15-17-31(27,28)6/h20-21,24-29H,7-19H2,1-6H3. The average molecular weight is 489 g/mol. The van der Waals surface area contributed by atoms with Gasteiger partial charge in [-0.2, -0.15) is 0 Å². The monoisotopic (exact) mass is 488 g/mol. The molecule has 4 rings (SSSR count). The molecule has 200 valence electrons. The minimum atomic E-state index is -0.161. The van der Waals surface area contributed by atoms with Gasteiger partial charge in [-0.05, 0) is 116 Å². The second-order valence-corrected chi connectivity index (χ2v) is 13.7. The molecule has 35 heavy (non-hydrogen) atoms. The first-order chi connectivity index (χ1) is 16.5. The molecule has 4 aliphatic rings. The zero-order chi connectivity index (χ0) is 25.4. The van der Waals surface area contributed by atoms with Crippen LogP contribution < -0.4 is 0 Å². The van der Waals surface area contributed by atoms with E-state index in [-0.39, 0.29) is 18.0 Å². The Morgan fingerprint density at radius 2 is 1.57 bits per heavy atom. The van der Waals surface area contributed by atoms with Crippen LogP contribution in [0.25, 0.3) is 0 Å². The lowest BCUT2D eigenvalue weighted by Gasteiger charge is -2.61. The van der Waals surface area contributed by atoms with E-state index in [1.54, 1.807) is 6.92 Å². The largest absolute Gasteiger partial charge is 0.466 e. The Morgan fingerprint density at radius 1 is 0.857 bits per heavy atom. The van der Waals surface area contributed by atoms with E-state index >= 15 is 0 Å². The third-order valence-corrected chi connectivity index (χ3v) is 11.6. The van der Waals surface area contributed by atoms with E-state index in [9.17, 15) is 9.59 Å². The van der Waals surface area contributed by atoms with Crippen LogP contribution in [0.2, 0.25) is 0 Å². The molecule has 4 fully saturated rings. The first-order valence-electron chi connectivity index (χ1n) is 14.8. The molecule has 4 nitrogen and oxygen atoms in total. The molecule has 0 aromatic heterocycles. The van der Waals surface area contributed by atoms with Crippen molar-refractivity contribution in [2.75, 3.05) is 6.61 Å². The van der Waals surface area contributed by atoms with Crippen molar-refractivity contribution >= 4 is 11.9 Å². The lowest BCUT2D eigenvalue weighted by atomic mass is 9.44. The molecule has 4 heteroatoms. The fourth-order valence-corrected chi connectivity index (χ4v) is 9.87. The highest BCUT2D eigenvalue weighted by atomic mass is 16.5. The Kier molecular flexibility index (Phi) is 8.28. The summed E-state index contributed by atoms with van der Waals surface area (Å²) < 4.78 is 10.9. The number of hydrogen-bond donors (Lipinski definition) is 0. The van der Waals surface area contributed by atoms with E-state index in [1.807, 2.05) is 0 Å². The Balaban J connectivity index is 1.34. The van der Waals surface area contributed by atoms with E-state index in [2.05, 4.69) is 27.7 Å². The lowest BCUT2D eigenvalue weighted by molar-refractivity contribution is -0.160. The van der Waals surface area contributed by atoms with Gasteiger partial charge in [-0.1, -0.05) is 40.5 Å². The second-order valence-electron chi connectivity index (χ2n) is 13.7. The van der Waals surface area contributed by atoms with Gasteiger partial charge in [0.05, 0.1) is 6.61 Å². The van der Waals surface area contributed by atoms with Gasteiger partial charge in [0.15, 0.2) is 0 Å². The van der Waals surface area contributed by atoms with Gasteiger partial charge >= 0.3 is 11.9 Å². The SMILES string of the molecule is CC(=O)OCC(C)CCCC(C)C1CCC2C3CCC4CC(OC(C)=O)CCC4(C)C3CCC12C. The number of esters is 2. The zero-order valence-electron chi connectivity index (χ0n) is 23.4. The normalized spacial score (nSPS) is 42.2. The molecule has 0 spiro atoms. The molecule has 0 aliphatic heterocycles. The van der Waals surface area contributed by atoms with Crippen molar-refractivity contribution in [3.63, 3.8) is 0 Å². The lowest BCUT2D eigenvalue weighted by Crippen LogP contribution is -2.54. The van der Waals surface area contributed by atoms with E-state index in [0.717, 1.165) is 54.8 Å². The summed E-state index contributed by atoms with van der Waals surface area (Å²) in [6, 6.07) is 0. The van der Waals surface area contributed by atoms with Crippen molar-refractivity contribution < 1.29 is 19.1 Å². The minimum absolute atomic E-state index is 0.106. The van der Waals surface area contributed by atoms with E-state index in [1.165, 1.54) is 64.7 Å². The first kappa shape index (κ1) is 27.0. The molecule has 0 bridgehead atoms. The van der Waals surface area contributed by atoms with Crippen LogP contribution >= 0.6 is 0 Å². The topological polar surface area (TPSA) is 52.6 Å². The van der Waals surface area contributed by atoms with E-state index < -0.39 is 0 Å². The molecule has 4 aliphatic carbocycles. The van der Waals surface area contributed by atoms with Gasteiger partial charge in [-0.25, -0.2) is 0 Å². The summed E-state index contributed by atoms with van der Waals surface area (Å²) in [5, 5.41) is 0. The summed E-state index contributed by atoms with van der Waals surface area (Å²) in [5.74, 6) is 5.25. The predicted octanol–water partition coefficient (Wildman–Crippen LogP) is 7.58. The van der Waals surface area contributed by atoms with Gasteiger partial charge in [0, 0.05) is 13.8 Å². The number of carbonyl (C=O) groups excluding carboxylic acids is 2. The van der Waals surface area contributed by atoms with Crippen LogP contribution in [-0.4, -0.2) is 24.6 Å². The molecule has 0 aromatic carbocycles. The van der Waals surface area contributed by atoms with E-state index in [4.69, 9.17) is 9.47 Å². The fourth-order valence-electron chi connectivity index (χ4n) is 9.87. The van der Waals surface area contributed by atoms with Crippen LogP contribution in [0.4, 0.5) is 0 Å². The van der Waals surface area contributed by atoms with Gasteiger partial charge in [0.1, 0.15) is 6.10 Å². The quantitative estimate of drug-likeness (QED) is 0.330. The summed E-state index contributed by atoms with van der Waals surface area (Å²) in [6.45, 7) is 13.6. The Morgan fingerprint density at radius 3 is 2.29 bits per heavy atom. The van der Waals surface area contributed by atoms with Crippen LogP contribution in [0.15, 0.2) is 0 Å². The third kappa shape index (κ3) is 5.47. The highest BCUT2D eigenvalue weighted by Crippen LogP contribution is 2.68. The van der Waals surface area contributed by atoms with Crippen LogP contribution in [0.1, 0.15) is 119 Å². The summed E-state index contributed by atoms with van der Waals surface area (Å²) in [7, 11) is 0. The number of fused-ring (bicyclic) bond motifs is 5. The third-order valence-electron chi connectivity index (χ3n) is 11.6. The average Bonchev–Trinajstić information content (AvgIpc) is 3.15. The predicted molar refractivity (Wildman–Crippen MR) is 140 cm³/mol. The summed E-state index contributed by atoms with van der Waals surface area (Å²) in [5.41, 5.74) is 0.963. The highest BCUT2D eigenvalue weighted by Gasteiger charge is 2.60. The first-order valence-corrected chi connectivity index (χ1v) is 14.8. The maximum Gasteiger partial charge on any atom is 0.302 e. The Bertz CT molecular complexity index is 763. The minimum Gasteiger partial charge on any atom is -0.466 e. The molecular weight excluding hydrogens is 436 g/mol. The smallest absolute Gasteiger partial charge is 0.302 e. The molecular formula is C31H52O4. The second kappa shape index (κ2) is 10.7. The molecule has 0 heterocycles. The van der Waals surface area contributed by atoms with Crippen LogP contribution in [0.3, 0.4) is 0 Å². The number of ether oxygens (including phenoxy) is 2. The molecule has 4 saturated carbocycles. The molecule has 0 radical (unpaired) electrons. The van der Waals surface area contributed by atoms with Gasteiger partial charge in [0.25, 0.3) is 0 Å². The van der Waals surface area contributed by atoms with Crippen molar-refractivity contribution in [2.24, 2.45) is 52.3 Å². The molecule has 0 saturated heterocycles. The Labute approximate surface area is 214 Å². The molecule has 10 unspecified atom stereocenters. The molecule has 0 aromatic rings. The summed E-state index contributed by atoms with van der Waals surface area (Å²) in [6.07, 6.45) is 15.7. The number of carbonyl (C=O) groups is 2. The van der Waals surface area contributed by atoms with Gasteiger partial charge in [-0.15, -0.1) is 0 Å². The van der Waals surface area contributed by atoms with Gasteiger partial charge in [0.2, 0.25) is 0 Å². The van der Waals surface area contributed by atoms with Gasteiger partial charge in [-0.3, -0.25) is 9.59 Å². The molecule has 10 atom stereocenters. The van der Waals surface area contributed by atoms with Crippen LogP contribution in [-0.2, 0) is 19.1 Å². The van der Waals surface area contributed by atoms with Crippen molar-refractivity contribution in [1.29, 1.82) is 0 Å². The van der Waals surface area contributed by atoms with E-state index in [0.29, 0.717) is 23.4 Å². The fraction of sp³-hybridized carbons (Fsp3) is 0.935. The van der Waals surface area contributed by atoms with Crippen molar-refractivity contribution in [2.45, 2.75) is 125 Å². The van der Waals surface area contributed by atoms with Crippen molar-refractivity contribution in [3.05, 3.63) is 0 Å². The van der Waals surface area contributed by atoms with Crippen molar-refractivity contribution in [1.82, 2.24) is 0 Å². The van der Waals surface area contributed by atoms with Crippen LogP contribution in [0.5, 0.6) is 0 Å². The van der Waals surface area contributed by atoms with Crippen LogP contribution in [0, 0.1) is 52.3 Å². The highest BCUT2D eigenvalue weighted by molar-refractivity contribution is 5.66. The zero-order valence-corrected chi connectivity index (χ0v) is 23.4. The maximum absolute atomic E-state index is 11.5. The molecule has 0 amide bonds.